The standard InChI is InChI=1S/C28H25N3O3S/c32-25(31-22-14-6-7-15-24(22)35-18-23(31)20-10-2-1-3-11-20)17-30-26(33)28(29-27(30)34)16-8-12-19-9-4-5-13-21(19)28/h1-7,9-11,13-15,23H,8,12,16-18H2,(H,29,34)/t23-,28+/m1/s1. The maximum atomic E-state index is 13.9. The molecule has 6 nitrogen and oxygen atoms in total. The van der Waals surface area contributed by atoms with Gasteiger partial charge < -0.3 is 10.2 Å². The van der Waals surface area contributed by atoms with E-state index >= 15 is 0 Å². The van der Waals surface area contributed by atoms with Crippen LogP contribution in [0.5, 0.6) is 0 Å². The number of thioether (sulfide) groups is 1. The van der Waals surface area contributed by atoms with Crippen LogP contribution in [0.1, 0.15) is 35.6 Å². The van der Waals surface area contributed by atoms with E-state index in [4.69, 9.17) is 0 Å². The number of benzene rings is 3. The van der Waals surface area contributed by atoms with Crippen molar-refractivity contribution in [3.05, 3.63) is 95.6 Å². The number of hydrogen-bond donors (Lipinski definition) is 1. The van der Waals surface area contributed by atoms with Crippen LogP contribution in [0.2, 0.25) is 0 Å². The first-order chi connectivity index (χ1) is 17.1. The van der Waals surface area contributed by atoms with Gasteiger partial charge in [-0.25, -0.2) is 4.79 Å². The van der Waals surface area contributed by atoms with Crippen molar-refractivity contribution in [2.45, 2.75) is 35.7 Å². The Bertz CT molecular complexity index is 1330. The fourth-order valence-electron chi connectivity index (χ4n) is 5.58. The molecule has 1 aliphatic carbocycles. The summed E-state index contributed by atoms with van der Waals surface area (Å²) in [5.74, 6) is 0.0969. The molecule has 4 amide bonds. The van der Waals surface area contributed by atoms with Crippen LogP contribution in [0.4, 0.5) is 10.5 Å². The normalized spacial score (nSPS) is 23.1. The van der Waals surface area contributed by atoms with E-state index in [1.165, 1.54) is 0 Å². The van der Waals surface area contributed by atoms with E-state index in [9.17, 15) is 14.4 Å². The van der Waals surface area contributed by atoms with Crippen LogP contribution in [-0.2, 0) is 21.5 Å². The molecule has 3 aromatic carbocycles. The summed E-state index contributed by atoms with van der Waals surface area (Å²) in [4.78, 5) is 44.6. The van der Waals surface area contributed by atoms with E-state index in [0.29, 0.717) is 12.2 Å². The van der Waals surface area contributed by atoms with Gasteiger partial charge in [0.25, 0.3) is 5.91 Å². The molecule has 7 heteroatoms. The number of fused-ring (bicyclic) bond motifs is 3. The van der Waals surface area contributed by atoms with Crippen molar-refractivity contribution in [3.8, 4) is 0 Å². The van der Waals surface area contributed by atoms with E-state index in [1.54, 1.807) is 16.7 Å². The SMILES string of the molecule is O=C1N[C@]2(CCCc3ccccc32)C(=O)N1CC(=O)N1c2ccccc2SC[C@@H]1c1ccccc1. The third-order valence-corrected chi connectivity index (χ3v) is 8.37. The lowest BCUT2D eigenvalue weighted by Gasteiger charge is -2.38. The first-order valence-corrected chi connectivity index (χ1v) is 12.9. The second kappa shape index (κ2) is 8.57. The molecule has 6 rings (SSSR count). The zero-order valence-electron chi connectivity index (χ0n) is 19.1. The van der Waals surface area contributed by atoms with Crippen molar-refractivity contribution in [3.63, 3.8) is 0 Å². The number of anilines is 1. The monoisotopic (exact) mass is 483 g/mol. The molecule has 0 radical (unpaired) electrons. The highest BCUT2D eigenvalue weighted by molar-refractivity contribution is 7.99. The Morgan fingerprint density at radius 1 is 0.971 bits per heavy atom. The van der Waals surface area contributed by atoms with Crippen LogP contribution in [0.25, 0.3) is 0 Å². The number of para-hydroxylation sites is 1. The van der Waals surface area contributed by atoms with Gasteiger partial charge in [0.2, 0.25) is 5.91 Å². The molecule has 35 heavy (non-hydrogen) atoms. The first kappa shape index (κ1) is 21.9. The molecule has 0 aromatic heterocycles. The van der Waals surface area contributed by atoms with E-state index in [2.05, 4.69) is 5.32 Å². The molecule has 176 valence electrons. The second-order valence-corrected chi connectivity index (χ2v) is 10.3. The number of nitrogens with zero attached hydrogens (tertiary/aromatic N) is 2. The number of carbonyl (C=O) groups excluding carboxylic acids is 3. The molecule has 0 unspecified atom stereocenters. The highest BCUT2D eigenvalue weighted by Crippen LogP contribution is 2.44. The summed E-state index contributed by atoms with van der Waals surface area (Å²) in [5.41, 5.74) is 2.68. The lowest BCUT2D eigenvalue weighted by atomic mass is 9.76. The molecule has 1 N–H and O–H groups in total. The summed E-state index contributed by atoms with van der Waals surface area (Å²) in [6.07, 6.45) is 2.22. The fourth-order valence-corrected chi connectivity index (χ4v) is 6.75. The van der Waals surface area contributed by atoms with Crippen molar-refractivity contribution in [1.82, 2.24) is 10.2 Å². The Morgan fingerprint density at radius 3 is 2.57 bits per heavy atom. The molecule has 3 aromatic rings. The van der Waals surface area contributed by atoms with Gasteiger partial charge in [-0.15, -0.1) is 11.8 Å². The molecule has 1 fully saturated rings. The van der Waals surface area contributed by atoms with Crippen molar-refractivity contribution in [2.24, 2.45) is 0 Å². The van der Waals surface area contributed by atoms with Crippen molar-refractivity contribution in [2.75, 3.05) is 17.2 Å². The average Bonchev–Trinajstić information content (AvgIpc) is 3.13. The van der Waals surface area contributed by atoms with Gasteiger partial charge in [0, 0.05) is 10.6 Å². The van der Waals surface area contributed by atoms with Crippen LogP contribution >= 0.6 is 11.8 Å². The fraction of sp³-hybridized carbons (Fsp3) is 0.250. The van der Waals surface area contributed by atoms with Crippen molar-refractivity contribution < 1.29 is 14.4 Å². The molecule has 3 aliphatic rings. The van der Waals surface area contributed by atoms with Gasteiger partial charge in [-0.05, 0) is 48.1 Å². The number of imide groups is 1. The molecule has 2 aliphatic heterocycles. The van der Waals surface area contributed by atoms with Crippen LogP contribution in [0.3, 0.4) is 0 Å². The molecule has 2 atom stereocenters. The average molecular weight is 484 g/mol. The second-order valence-electron chi connectivity index (χ2n) is 9.21. The summed E-state index contributed by atoms with van der Waals surface area (Å²) >= 11 is 1.71. The summed E-state index contributed by atoms with van der Waals surface area (Å²) in [6.45, 7) is -0.295. The van der Waals surface area contributed by atoms with E-state index < -0.39 is 11.6 Å². The lowest BCUT2D eigenvalue weighted by Crippen LogP contribution is -2.48. The largest absolute Gasteiger partial charge is 0.325 e. The predicted molar refractivity (Wildman–Crippen MR) is 135 cm³/mol. The minimum Gasteiger partial charge on any atom is -0.319 e. The summed E-state index contributed by atoms with van der Waals surface area (Å²) in [7, 11) is 0. The number of urea groups is 1. The molecular weight excluding hydrogens is 458 g/mol. The summed E-state index contributed by atoms with van der Waals surface area (Å²) in [6, 6.07) is 24.8. The van der Waals surface area contributed by atoms with E-state index in [0.717, 1.165) is 45.0 Å². The van der Waals surface area contributed by atoms with E-state index in [1.807, 2.05) is 78.9 Å². The van der Waals surface area contributed by atoms with Crippen LogP contribution in [0.15, 0.2) is 83.8 Å². The topological polar surface area (TPSA) is 69.7 Å². The first-order valence-electron chi connectivity index (χ1n) is 11.9. The molecule has 0 bridgehead atoms. The maximum Gasteiger partial charge on any atom is 0.325 e. The van der Waals surface area contributed by atoms with Gasteiger partial charge in [-0.1, -0.05) is 66.7 Å². The molecule has 1 saturated heterocycles. The Kier molecular flexibility index (Phi) is 5.37. The summed E-state index contributed by atoms with van der Waals surface area (Å²) < 4.78 is 0. The smallest absolute Gasteiger partial charge is 0.319 e. The zero-order valence-corrected chi connectivity index (χ0v) is 20.0. The van der Waals surface area contributed by atoms with Crippen LogP contribution in [-0.4, -0.2) is 35.0 Å². The van der Waals surface area contributed by atoms with Gasteiger partial charge in [0.15, 0.2) is 0 Å². The van der Waals surface area contributed by atoms with Crippen LogP contribution in [0, 0.1) is 0 Å². The number of hydrogen-bond acceptors (Lipinski definition) is 4. The van der Waals surface area contributed by atoms with Crippen molar-refractivity contribution in [1.29, 1.82) is 0 Å². The van der Waals surface area contributed by atoms with Crippen LogP contribution < -0.4 is 10.2 Å². The number of amides is 4. The van der Waals surface area contributed by atoms with Crippen molar-refractivity contribution >= 4 is 35.3 Å². The zero-order chi connectivity index (χ0) is 24.0. The predicted octanol–water partition coefficient (Wildman–Crippen LogP) is 4.65. The molecular formula is C28H25N3O3S. The maximum absolute atomic E-state index is 13.9. The lowest BCUT2D eigenvalue weighted by molar-refractivity contribution is -0.135. The van der Waals surface area contributed by atoms with E-state index in [-0.39, 0.29) is 24.4 Å². The van der Waals surface area contributed by atoms with Gasteiger partial charge in [-0.2, -0.15) is 0 Å². The highest BCUT2D eigenvalue weighted by Gasteiger charge is 2.54. The molecule has 1 spiro atoms. The molecule has 0 saturated carbocycles. The minimum absolute atomic E-state index is 0.186. The van der Waals surface area contributed by atoms with Gasteiger partial charge in [-0.3, -0.25) is 14.5 Å². The number of carbonyl (C=O) groups is 3. The van der Waals surface area contributed by atoms with Gasteiger partial charge in [0.05, 0.1) is 11.7 Å². The Labute approximate surface area is 208 Å². The minimum atomic E-state index is -1.08. The van der Waals surface area contributed by atoms with Gasteiger partial charge >= 0.3 is 6.03 Å². The Hall–Kier alpha value is -3.58. The Morgan fingerprint density at radius 2 is 1.71 bits per heavy atom. The highest BCUT2D eigenvalue weighted by atomic mass is 32.2. The number of rotatable bonds is 3. The molecule has 2 heterocycles. The number of aryl methyl sites for hydroxylation is 1. The summed E-state index contributed by atoms with van der Waals surface area (Å²) in [5, 5.41) is 2.96. The Balaban J connectivity index is 1.33. The quantitative estimate of drug-likeness (QED) is 0.551. The third-order valence-electron chi connectivity index (χ3n) is 7.23. The third kappa shape index (κ3) is 3.53. The number of nitrogens with one attached hydrogen (secondary N) is 1. The van der Waals surface area contributed by atoms with Gasteiger partial charge in [0.1, 0.15) is 12.1 Å².